The summed E-state index contributed by atoms with van der Waals surface area (Å²) in [6.07, 6.45) is 4.24. The lowest BCUT2D eigenvalue weighted by atomic mass is 10.1. The Morgan fingerprint density at radius 2 is 1.83 bits per heavy atom. The van der Waals surface area contributed by atoms with E-state index in [9.17, 15) is 4.79 Å². The van der Waals surface area contributed by atoms with E-state index in [4.69, 9.17) is 14.2 Å². The van der Waals surface area contributed by atoms with Crippen molar-refractivity contribution < 1.29 is 19.0 Å². The third-order valence-corrected chi connectivity index (χ3v) is 6.15. The molecule has 0 radical (unpaired) electrons. The summed E-state index contributed by atoms with van der Waals surface area (Å²) in [4.78, 5) is 22.4. The molecule has 0 unspecified atom stereocenters. The average Bonchev–Trinajstić information content (AvgIpc) is 3.35. The molecule has 0 bridgehead atoms. The minimum absolute atomic E-state index is 0.129. The molecule has 1 aliphatic heterocycles. The lowest BCUT2D eigenvalue weighted by Gasteiger charge is -2.35. The van der Waals surface area contributed by atoms with Crippen molar-refractivity contribution in [2.24, 2.45) is 0 Å². The molecule has 1 saturated heterocycles. The maximum absolute atomic E-state index is 12.7. The highest BCUT2D eigenvalue weighted by Crippen LogP contribution is 2.40. The molecule has 160 valence electrons. The number of amides is 1. The molecule has 0 aliphatic carbocycles. The molecule has 1 fully saturated rings. The Labute approximate surface area is 179 Å². The zero-order chi connectivity index (χ0) is 21.1. The van der Waals surface area contributed by atoms with Crippen molar-refractivity contribution in [1.29, 1.82) is 0 Å². The zero-order valence-electron chi connectivity index (χ0n) is 17.5. The quantitative estimate of drug-likeness (QED) is 0.573. The molecule has 0 N–H and O–H groups in total. The number of fused-ring (bicyclic) bond motifs is 1. The van der Waals surface area contributed by atoms with Gasteiger partial charge in [-0.05, 0) is 6.07 Å². The third kappa shape index (κ3) is 4.08. The monoisotopic (exact) mass is 430 g/mol. The van der Waals surface area contributed by atoms with Crippen molar-refractivity contribution in [3.8, 4) is 17.2 Å². The van der Waals surface area contributed by atoms with Gasteiger partial charge >= 0.3 is 0 Å². The molecule has 8 nitrogen and oxygen atoms in total. The van der Waals surface area contributed by atoms with Crippen molar-refractivity contribution >= 4 is 22.2 Å². The lowest BCUT2D eigenvalue weighted by Crippen LogP contribution is -2.48. The summed E-state index contributed by atoms with van der Waals surface area (Å²) in [6, 6.07) is 3.90. The number of aromatic nitrogens is 2. The topological polar surface area (TPSA) is 68.5 Å². The molecular formula is C21H26N4O4S. The van der Waals surface area contributed by atoms with Crippen LogP contribution in [0.5, 0.6) is 17.2 Å². The van der Waals surface area contributed by atoms with E-state index >= 15 is 0 Å². The fourth-order valence-corrected chi connectivity index (χ4v) is 4.53. The SMILES string of the molecule is COc1ccc(CN2CCN(C(=O)Cc3cn4ccsc4n3)CC2)c(OC)c1OC. The average molecular weight is 431 g/mol. The lowest BCUT2D eigenvalue weighted by molar-refractivity contribution is -0.132. The number of ether oxygens (including phenoxy) is 3. The third-order valence-electron chi connectivity index (χ3n) is 5.38. The second-order valence-electron chi connectivity index (χ2n) is 7.15. The number of rotatable bonds is 7. The molecule has 9 heteroatoms. The van der Waals surface area contributed by atoms with Crippen LogP contribution in [0.15, 0.2) is 29.9 Å². The fourth-order valence-electron chi connectivity index (χ4n) is 3.81. The number of nitrogens with zero attached hydrogens (tertiary/aromatic N) is 4. The maximum Gasteiger partial charge on any atom is 0.228 e. The van der Waals surface area contributed by atoms with Crippen LogP contribution in [0, 0.1) is 0 Å². The number of hydrogen-bond acceptors (Lipinski definition) is 7. The summed E-state index contributed by atoms with van der Waals surface area (Å²) in [5, 5.41) is 1.99. The van der Waals surface area contributed by atoms with Crippen molar-refractivity contribution in [2.45, 2.75) is 13.0 Å². The molecule has 30 heavy (non-hydrogen) atoms. The van der Waals surface area contributed by atoms with E-state index in [2.05, 4.69) is 9.88 Å². The molecule has 4 rings (SSSR count). The molecule has 1 aliphatic rings. The number of benzene rings is 1. The molecule has 0 spiro atoms. The highest BCUT2D eigenvalue weighted by atomic mass is 32.1. The molecular weight excluding hydrogens is 404 g/mol. The molecule has 2 aromatic heterocycles. The fraction of sp³-hybridized carbons (Fsp3) is 0.429. The van der Waals surface area contributed by atoms with Crippen LogP contribution in [0.2, 0.25) is 0 Å². The van der Waals surface area contributed by atoms with E-state index in [1.165, 1.54) is 0 Å². The van der Waals surface area contributed by atoms with Crippen LogP contribution in [0.4, 0.5) is 0 Å². The second kappa shape index (κ2) is 8.93. The van der Waals surface area contributed by atoms with Crippen LogP contribution < -0.4 is 14.2 Å². The first-order valence-electron chi connectivity index (χ1n) is 9.82. The van der Waals surface area contributed by atoms with Crippen LogP contribution in [0.1, 0.15) is 11.3 Å². The molecule has 1 aromatic carbocycles. The number of imidazole rings is 1. The van der Waals surface area contributed by atoms with E-state index in [0.29, 0.717) is 36.8 Å². The molecule has 3 heterocycles. The Morgan fingerprint density at radius 3 is 2.50 bits per heavy atom. The van der Waals surface area contributed by atoms with Gasteiger partial charge in [0.15, 0.2) is 16.5 Å². The van der Waals surface area contributed by atoms with Gasteiger partial charge in [0.1, 0.15) is 0 Å². The predicted octanol–water partition coefficient (Wildman–Crippen LogP) is 2.31. The Hall–Kier alpha value is -2.78. The van der Waals surface area contributed by atoms with Gasteiger partial charge in [0.2, 0.25) is 11.7 Å². The van der Waals surface area contributed by atoms with Gasteiger partial charge in [0, 0.05) is 56.1 Å². The first-order valence-corrected chi connectivity index (χ1v) is 10.7. The minimum atomic E-state index is 0.129. The van der Waals surface area contributed by atoms with E-state index in [1.54, 1.807) is 32.7 Å². The van der Waals surface area contributed by atoms with Crippen LogP contribution in [-0.2, 0) is 17.8 Å². The summed E-state index contributed by atoms with van der Waals surface area (Å²) >= 11 is 1.57. The predicted molar refractivity (Wildman–Crippen MR) is 115 cm³/mol. The molecule has 1 amide bonds. The highest BCUT2D eigenvalue weighted by Gasteiger charge is 2.24. The smallest absolute Gasteiger partial charge is 0.228 e. The summed E-state index contributed by atoms with van der Waals surface area (Å²) in [5.41, 5.74) is 1.86. The van der Waals surface area contributed by atoms with Gasteiger partial charge < -0.3 is 19.1 Å². The number of hydrogen-bond donors (Lipinski definition) is 0. The van der Waals surface area contributed by atoms with E-state index in [0.717, 1.165) is 35.9 Å². The summed E-state index contributed by atoms with van der Waals surface area (Å²) < 4.78 is 18.4. The largest absolute Gasteiger partial charge is 0.493 e. The van der Waals surface area contributed by atoms with Gasteiger partial charge in [-0.25, -0.2) is 4.98 Å². The van der Waals surface area contributed by atoms with Gasteiger partial charge in [-0.2, -0.15) is 0 Å². The number of thiazole rings is 1. The van der Waals surface area contributed by atoms with E-state index < -0.39 is 0 Å². The van der Waals surface area contributed by atoms with Crippen LogP contribution in [-0.4, -0.2) is 72.6 Å². The van der Waals surface area contributed by atoms with Gasteiger partial charge in [-0.1, -0.05) is 6.07 Å². The van der Waals surface area contributed by atoms with Crippen molar-refractivity contribution in [3.63, 3.8) is 0 Å². The first kappa shape index (κ1) is 20.5. The first-order chi connectivity index (χ1) is 14.6. The summed E-state index contributed by atoms with van der Waals surface area (Å²) in [7, 11) is 4.86. The van der Waals surface area contributed by atoms with Crippen molar-refractivity contribution in [2.75, 3.05) is 47.5 Å². The van der Waals surface area contributed by atoms with Crippen molar-refractivity contribution in [1.82, 2.24) is 19.2 Å². The summed E-state index contributed by atoms with van der Waals surface area (Å²) in [6.45, 7) is 3.75. The van der Waals surface area contributed by atoms with Crippen LogP contribution in [0.3, 0.4) is 0 Å². The Bertz CT molecular complexity index is 995. The van der Waals surface area contributed by atoms with Crippen LogP contribution >= 0.6 is 11.3 Å². The highest BCUT2D eigenvalue weighted by molar-refractivity contribution is 7.15. The normalized spacial score (nSPS) is 14.8. The minimum Gasteiger partial charge on any atom is -0.493 e. The van der Waals surface area contributed by atoms with Gasteiger partial charge in [-0.15, -0.1) is 11.3 Å². The number of carbonyl (C=O) groups is 1. The molecule has 3 aromatic rings. The van der Waals surface area contributed by atoms with Crippen molar-refractivity contribution in [3.05, 3.63) is 41.2 Å². The Morgan fingerprint density at radius 1 is 1.07 bits per heavy atom. The Kier molecular flexibility index (Phi) is 6.10. The maximum atomic E-state index is 12.7. The van der Waals surface area contributed by atoms with Crippen LogP contribution in [0.25, 0.3) is 4.96 Å². The standard InChI is InChI=1S/C21H26N4O4S/c1-27-17-5-4-15(19(28-2)20(17)29-3)13-23-6-8-24(9-7-23)18(26)12-16-14-25-10-11-30-21(25)22-16/h4-5,10-11,14H,6-9,12-13H2,1-3H3. The zero-order valence-corrected chi connectivity index (χ0v) is 18.3. The molecule has 0 saturated carbocycles. The Balaban J connectivity index is 1.35. The van der Waals surface area contributed by atoms with E-state index in [1.807, 2.05) is 39.2 Å². The van der Waals surface area contributed by atoms with Gasteiger partial charge in [0.05, 0.1) is 33.4 Å². The molecule has 0 atom stereocenters. The second-order valence-corrected chi connectivity index (χ2v) is 8.03. The summed E-state index contributed by atoms with van der Waals surface area (Å²) in [5.74, 6) is 2.07. The number of carbonyl (C=O) groups excluding carboxylic acids is 1. The number of piperazine rings is 1. The number of methoxy groups -OCH3 is 3. The van der Waals surface area contributed by atoms with Gasteiger partial charge in [-0.3, -0.25) is 14.1 Å². The van der Waals surface area contributed by atoms with Gasteiger partial charge in [0.25, 0.3) is 0 Å². The van der Waals surface area contributed by atoms with E-state index in [-0.39, 0.29) is 5.91 Å².